The molecule has 0 aliphatic carbocycles. The molecule has 0 aromatic carbocycles. The maximum Gasteiger partial charge on any atom is 0.248 e. The smallest absolute Gasteiger partial charge is 0.248 e. The molecule has 0 aromatic rings. The first-order chi connectivity index (χ1) is 22.3. The van der Waals surface area contributed by atoms with Gasteiger partial charge in [-0.05, 0) is 12.8 Å². The second-order valence-corrected chi connectivity index (χ2v) is 14.0. The van der Waals surface area contributed by atoms with Crippen LogP contribution in [0.15, 0.2) is 0 Å². The molecule has 0 bridgehead atoms. The Hall–Kier alpha value is -0.610. The van der Waals surface area contributed by atoms with Gasteiger partial charge in [-0.25, -0.2) is 0 Å². The molecule has 0 aliphatic heterocycles. The SMILES string of the molecule is CCCCCCCCCCCCCCCCCCN(CCCCCCCCCCCCCCCCCC)C(=O)COCCOC. The summed E-state index contributed by atoms with van der Waals surface area (Å²) in [5.74, 6) is 0.160. The molecular weight excluding hydrogens is 554 g/mol. The maximum atomic E-state index is 12.8. The van der Waals surface area contributed by atoms with Gasteiger partial charge in [0.15, 0.2) is 0 Å². The molecule has 0 saturated heterocycles. The van der Waals surface area contributed by atoms with Gasteiger partial charge in [-0.2, -0.15) is 0 Å². The molecule has 45 heavy (non-hydrogen) atoms. The van der Waals surface area contributed by atoms with Crippen molar-refractivity contribution < 1.29 is 14.3 Å². The summed E-state index contributed by atoms with van der Waals surface area (Å²) < 4.78 is 10.6. The number of carbonyl (C=O) groups excluding carboxylic acids is 1. The molecule has 270 valence electrons. The van der Waals surface area contributed by atoms with Crippen molar-refractivity contribution in [2.24, 2.45) is 0 Å². The molecule has 4 nitrogen and oxygen atoms in total. The number of methoxy groups -OCH3 is 1. The van der Waals surface area contributed by atoms with Gasteiger partial charge in [-0.1, -0.05) is 206 Å². The first-order valence-electron chi connectivity index (χ1n) is 20.6. The monoisotopic (exact) mass is 638 g/mol. The fraction of sp³-hybridized carbons (Fsp3) is 0.976. The minimum atomic E-state index is 0.160. The molecule has 0 spiro atoms. The van der Waals surface area contributed by atoms with Gasteiger partial charge < -0.3 is 14.4 Å². The van der Waals surface area contributed by atoms with Crippen LogP contribution in [0.5, 0.6) is 0 Å². The Morgan fingerprint density at radius 1 is 0.400 bits per heavy atom. The van der Waals surface area contributed by atoms with Crippen molar-refractivity contribution in [3.05, 3.63) is 0 Å². The molecule has 1 amide bonds. The van der Waals surface area contributed by atoms with E-state index in [4.69, 9.17) is 9.47 Å². The van der Waals surface area contributed by atoms with Crippen LogP contribution in [0.2, 0.25) is 0 Å². The van der Waals surface area contributed by atoms with Crippen molar-refractivity contribution in [3.63, 3.8) is 0 Å². The lowest BCUT2D eigenvalue weighted by atomic mass is 10.0. The van der Waals surface area contributed by atoms with E-state index in [9.17, 15) is 4.79 Å². The molecular formula is C41H83NO3. The van der Waals surface area contributed by atoms with Gasteiger partial charge >= 0.3 is 0 Å². The first-order valence-corrected chi connectivity index (χ1v) is 20.6. The number of amides is 1. The Labute approximate surface area is 283 Å². The summed E-state index contributed by atoms with van der Waals surface area (Å²) in [6.07, 6.45) is 44.2. The number of hydrogen-bond acceptors (Lipinski definition) is 3. The summed E-state index contributed by atoms with van der Waals surface area (Å²) >= 11 is 0. The van der Waals surface area contributed by atoms with Gasteiger partial charge in [0.1, 0.15) is 6.61 Å². The molecule has 0 N–H and O–H groups in total. The number of unbranched alkanes of at least 4 members (excludes halogenated alkanes) is 30. The van der Waals surface area contributed by atoms with Crippen LogP contribution in [0.1, 0.15) is 219 Å². The zero-order valence-corrected chi connectivity index (χ0v) is 31.3. The fourth-order valence-electron chi connectivity index (χ4n) is 6.46. The summed E-state index contributed by atoms with van der Waals surface area (Å²) in [6.45, 7) is 7.61. The summed E-state index contributed by atoms with van der Waals surface area (Å²) in [4.78, 5) is 14.9. The number of ether oxygens (including phenoxy) is 2. The zero-order chi connectivity index (χ0) is 32.7. The predicted molar refractivity (Wildman–Crippen MR) is 198 cm³/mol. The summed E-state index contributed by atoms with van der Waals surface area (Å²) in [5, 5.41) is 0. The van der Waals surface area contributed by atoms with Crippen LogP contribution >= 0.6 is 0 Å². The van der Waals surface area contributed by atoms with Crippen molar-refractivity contribution in [1.29, 1.82) is 0 Å². The summed E-state index contributed by atoms with van der Waals surface area (Å²) in [7, 11) is 1.67. The molecule has 0 heterocycles. The highest BCUT2D eigenvalue weighted by atomic mass is 16.5. The second-order valence-electron chi connectivity index (χ2n) is 14.0. The van der Waals surface area contributed by atoms with Crippen molar-refractivity contribution in [3.8, 4) is 0 Å². The highest BCUT2D eigenvalue weighted by molar-refractivity contribution is 5.77. The van der Waals surface area contributed by atoms with Crippen LogP contribution in [-0.2, 0) is 14.3 Å². The Morgan fingerprint density at radius 2 is 0.667 bits per heavy atom. The van der Waals surface area contributed by atoms with Gasteiger partial charge in [0, 0.05) is 20.2 Å². The highest BCUT2D eigenvalue weighted by Crippen LogP contribution is 2.16. The van der Waals surface area contributed by atoms with Crippen LogP contribution in [0, 0.1) is 0 Å². The Kier molecular flexibility index (Phi) is 39.0. The van der Waals surface area contributed by atoms with E-state index in [0.717, 1.165) is 25.9 Å². The standard InChI is InChI=1S/C41H83NO3/c1-4-6-8-10-12-14-16-18-20-22-24-26-28-30-32-34-36-42(41(43)40-45-39-38-44-3)37-35-33-31-29-27-25-23-21-19-17-15-13-11-9-7-5-2/h4-40H2,1-3H3. The summed E-state index contributed by atoms with van der Waals surface area (Å²) in [5.41, 5.74) is 0. The van der Waals surface area contributed by atoms with Gasteiger partial charge in [0.2, 0.25) is 5.91 Å². The van der Waals surface area contributed by atoms with E-state index >= 15 is 0 Å². The van der Waals surface area contributed by atoms with Gasteiger partial charge in [-0.3, -0.25) is 4.79 Å². The number of carbonyl (C=O) groups is 1. The molecule has 0 fully saturated rings. The van der Waals surface area contributed by atoms with E-state index in [2.05, 4.69) is 18.7 Å². The molecule has 0 aliphatic rings. The molecule has 0 atom stereocenters. The van der Waals surface area contributed by atoms with Crippen LogP contribution in [0.4, 0.5) is 0 Å². The second kappa shape index (κ2) is 39.6. The number of hydrogen-bond donors (Lipinski definition) is 0. The largest absolute Gasteiger partial charge is 0.382 e. The third-order valence-corrected chi connectivity index (χ3v) is 9.57. The lowest BCUT2D eigenvalue weighted by Gasteiger charge is -2.23. The minimum Gasteiger partial charge on any atom is -0.382 e. The molecule has 0 saturated carbocycles. The van der Waals surface area contributed by atoms with Crippen molar-refractivity contribution >= 4 is 5.91 Å². The van der Waals surface area contributed by atoms with Gasteiger partial charge in [0.25, 0.3) is 0 Å². The third kappa shape index (κ3) is 36.1. The van der Waals surface area contributed by atoms with Crippen LogP contribution in [0.25, 0.3) is 0 Å². The zero-order valence-electron chi connectivity index (χ0n) is 31.3. The van der Waals surface area contributed by atoms with E-state index in [1.54, 1.807) is 7.11 Å². The minimum absolute atomic E-state index is 0.160. The lowest BCUT2D eigenvalue weighted by Crippen LogP contribution is -2.36. The average molecular weight is 638 g/mol. The quantitative estimate of drug-likeness (QED) is 0.0629. The highest BCUT2D eigenvalue weighted by Gasteiger charge is 2.13. The third-order valence-electron chi connectivity index (χ3n) is 9.57. The average Bonchev–Trinajstić information content (AvgIpc) is 3.05. The van der Waals surface area contributed by atoms with E-state index in [1.165, 1.54) is 193 Å². The van der Waals surface area contributed by atoms with Crippen LogP contribution in [-0.4, -0.2) is 50.8 Å². The number of rotatable bonds is 39. The van der Waals surface area contributed by atoms with E-state index < -0.39 is 0 Å². The molecule has 0 radical (unpaired) electrons. The van der Waals surface area contributed by atoms with Gasteiger partial charge in [0.05, 0.1) is 13.2 Å². The maximum absolute atomic E-state index is 12.8. The van der Waals surface area contributed by atoms with Crippen molar-refractivity contribution in [2.45, 2.75) is 219 Å². The molecule has 0 rings (SSSR count). The van der Waals surface area contributed by atoms with E-state index in [0.29, 0.717) is 13.2 Å². The lowest BCUT2D eigenvalue weighted by molar-refractivity contribution is -0.136. The molecule has 4 heteroatoms. The predicted octanol–water partition coefficient (Wildman–Crippen LogP) is 13.0. The van der Waals surface area contributed by atoms with Gasteiger partial charge in [-0.15, -0.1) is 0 Å². The first kappa shape index (κ1) is 44.4. The fourth-order valence-corrected chi connectivity index (χ4v) is 6.46. The Balaban J connectivity index is 3.80. The van der Waals surface area contributed by atoms with Crippen LogP contribution < -0.4 is 0 Å². The summed E-state index contributed by atoms with van der Waals surface area (Å²) in [6, 6.07) is 0. The Morgan fingerprint density at radius 3 is 0.933 bits per heavy atom. The molecule has 0 aromatic heterocycles. The van der Waals surface area contributed by atoms with E-state index in [-0.39, 0.29) is 12.5 Å². The van der Waals surface area contributed by atoms with Crippen molar-refractivity contribution in [2.75, 3.05) is 40.0 Å². The Bertz CT molecular complexity index is 519. The van der Waals surface area contributed by atoms with E-state index in [1.807, 2.05) is 0 Å². The van der Waals surface area contributed by atoms with Crippen molar-refractivity contribution in [1.82, 2.24) is 4.90 Å². The number of nitrogens with zero attached hydrogens (tertiary/aromatic N) is 1. The normalized spacial score (nSPS) is 11.4. The molecule has 0 unspecified atom stereocenters. The topological polar surface area (TPSA) is 38.8 Å². The van der Waals surface area contributed by atoms with Crippen LogP contribution in [0.3, 0.4) is 0 Å².